The Morgan fingerprint density at radius 2 is 2.09 bits per heavy atom. The smallest absolute Gasteiger partial charge is 0.414 e. The van der Waals surface area contributed by atoms with E-state index in [2.05, 4.69) is 5.32 Å². The summed E-state index contributed by atoms with van der Waals surface area (Å²) in [5, 5.41) is 2.65. The molecule has 6 nitrogen and oxygen atoms in total. The summed E-state index contributed by atoms with van der Waals surface area (Å²) in [6.07, 6.45) is 2.57. The zero-order valence-electron chi connectivity index (χ0n) is 13.1. The molecule has 0 unspecified atom stereocenters. The predicted molar refractivity (Wildman–Crippen MR) is 84.6 cm³/mol. The van der Waals surface area contributed by atoms with Crippen LogP contribution in [0.1, 0.15) is 42.1 Å². The first kappa shape index (κ1) is 15.5. The highest BCUT2D eigenvalue weighted by atomic mass is 16.6. The highest BCUT2D eigenvalue weighted by Gasteiger charge is 2.33. The van der Waals surface area contributed by atoms with E-state index in [1.54, 1.807) is 6.07 Å². The molecule has 0 saturated carbocycles. The molecule has 0 aromatic heterocycles. The van der Waals surface area contributed by atoms with Crippen LogP contribution in [0.2, 0.25) is 0 Å². The molecule has 23 heavy (non-hydrogen) atoms. The first-order valence-corrected chi connectivity index (χ1v) is 7.93. The quantitative estimate of drug-likeness (QED) is 0.866. The van der Waals surface area contributed by atoms with Crippen LogP contribution in [-0.2, 0) is 16.0 Å². The van der Waals surface area contributed by atoms with Gasteiger partial charge >= 0.3 is 6.09 Å². The number of aryl methyl sites for hydroxylation is 1. The van der Waals surface area contributed by atoms with Crippen LogP contribution in [-0.4, -0.2) is 37.0 Å². The van der Waals surface area contributed by atoms with Gasteiger partial charge in [0.15, 0.2) is 5.78 Å². The van der Waals surface area contributed by atoms with Gasteiger partial charge in [0.05, 0.1) is 13.1 Å². The maximum atomic E-state index is 12.2. The minimum atomic E-state index is -0.443. The number of benzene rings is 1. The number of Topliss-reactive ketones (excluding diaryl/α,β-unsaturated/α-hetero) is 1. The maximum absolute atomic E-state index is 12.2. The van der Waals surface area contributed by atoms with Gasteiger partial charge in [-0.3, -0.25) is 14.5 Å². The summed E-state index contributed by atoms with van der Waals surface area (Å²) in [5.74, 6) is -0.0168. The summed E-state index contributed by atoms with van der Waals surface area (Å²) in [7, 11) is 0. The van der Waals surface area contributed by atoms with Crippen molar-refractivity contribution in [1.29, 1.82) is 0 Å². The van der Waals surface area contributed by atoms with E-state index < -0.39 is 6.09 Å². The average Bonchev–Trinajstić information content (AvgIpc) is 2.80. The number of rotatable bonds is 3. The van der Waals surface area contributed by atoms with Crippen LogP contribution in [0.3, 0.4) is 0 Å². The second-order valence-corrected chi connectivity index (χ2v) is 6.03. The van der Waals surface area contributed by atoms with E-state index in [9.17, 15) is 14.4 Å². The molecule has 1 heterocycles. The van der Waals surface area contributed by atoms with Crippen LogP contribution in [0.5, 0.6) is 0 Å². The summed E-state index contributed by atoms with van der Waals surface area (Å²) in [6, 6.07) is 5.59. The van der Waals surface area contributed by atoms with Crippen LogP contribution < -0.4 is 10.2 Å². The van der Waals surface area contributed by atoms with E-state index in [4.69, 9.17) is 4.74 Å². The van der Waals surface area contributed by atoms with Gasteiger partial charge in [0.1, 0.15) is 6.10 Å². The van der Waals surface area contributed by atoms with Crippen molar-refractivity contribution in [3.05, 3.63) is 29.3 Å². The van der Waals surface area contributed by atoms with Crippen LogP contribution in [0, 0.1) is 0 Å². The summed E-state index contributed by atoms with van der Waals surface area (Å²) in [6.45, 7) is 2.08. The number of hydrogen-bond acceptors (Lipinski definition) is 4. The third-order valence-electron chi connectivity index (χ3n) is 4.26. The third-order valence-corrected chi connectivity index (χ3v) is 4.26. The average molecular weight is 316 g/mol. The van der Waals surface area contributed by atoms with Crippen molar-refractivity contribution in [3.63, 3.8) is 0 Å². The minimum absolute atomic E-state index is 0.140. The SMILES string of the molecule is CC(=O)NC[C@H]1CN(c2ccc3c(c2)C(=O)CCCC3)C(=O)O1. The molecule has 0 spiro atoms. The Labute approximate surface area is 134 Å². The second kappa shape index (κ2) is 6.40. The molecule has 6 heteroatoms. The van der Waals surface area contributed by atoms with Crippen LogP contribution in [0.25, 0.3) is 0 Å². The predicted octanol–water partition coefficient (Wildman–Crippen LogP) is 2.06. The number of nitrogens with zero attached hydrogens (tertiary/aromatic N) is 1. The van der Waals surface area contributed by atoms with Gasteiger partial charge in [-0.25, -0.2) is 4.79 Å². The van der Waals surface area contributed by atoms with Gasteiger partial charge in [0, 0.05) is 24.6 Å². The molecule has 2 aliphatic rings. The molecular weight excluding hydrogens is 296 g/mol. The Morgan fingerprint density at radius 3 is 2.87 bits per heavy atom. The molecule has 1 aromatic carbocycles. The lowest BCUT2D eigenvalue weighted by Crippen LogP contribution is -2.33. The maximum Gasteiger partial charge on any atom is 0.414 e. The zero-order chi connectivity index (χ0) is 16.4. The lowest BCUT2D eigenvalue weighted by molar-refractivity contribution is -0.119. The Kier molecular flexibility index (Phi) is 4.32. The topological polar surface area (TPSA) is 75.7 Å². The third kappa shape index (κ3) is 3.36. The molecule has 0 radical (unpaired) electrons. The number of fused-ring (bicyclic) bond motifs is 1. The summed E-state index contributed by atoms with van der Waals surface area (Å²) >= 11 is 0. The van der Waals surface area contributed by atoms with E-state index in [1.165, 1.54) is 11.8 Å². The Hall–Kier alpha value is -2.37. The molecule has 1 aromatic rings. The summed E-state index contributed by atoms with van der Waals surface area (Å²) in [5.41, 5.74) is 2.45. The number of amides is 2. The van der Waals surface area contributed by atoms with E-state index in [-0.39, 0.29) is 17.8 Å². The number of cyclic esters (lactones) is 1. The molecule has 3 rings (SSSR count). The fourth-order valence-electron chi connectivity index (χ4n) is 3.04. The highest BCUT2D eigenvalue weighted by Crippen LogP contribution is 2.28. The summed E-state index contributed by atoms with van der Waals surface area (Å²) in [4.78, 5) is 36.7. The van der Waals surface area contributed by atoms with Gasteiger partial charge in [-0.15, -0.1) is 0 Å². The van der Waals surface area contributed by atoms with Crippen molar-refractivity contribution in [3.8, 4) is 0 Å². The molecule has 2 amide bonds. The molecule has 0 bridgehead atoms. The van der Waals surface area contributed by atoms with Gasteiger partial charge < -0.3 is 10.1 Å². The van der Waals surface area contributed by atoms with Crippen molar-refractivity contribution in [2.45, 2.75) is 38.7 Å². The Bertz CT molecular complexity index is 656. The number of carbonyl (C=O) groups is 3. The van der Waals surface area contributed by atoms with Gasteiger partial charge in [-0.2, -0.15) is 0 Å². The van der Waals surface area contributed by atoms with E-state index in [1.807, 2.05) is 12.1 Å². The largest absolute Gasteiger partial charge is 0.442 e. The normalized spacial score (nSPS) is 20.7. The molecular formula is C17H20N2O4. The van der Waals surface area contributed by atoms with Crippen molar-refractivity contribution < 1.29 is 19.1 Å². The van der Waals surface area contributed by atoms with Gasteiger partial charge in [-0.1, -0.05) is 6.07 Å². The van der Waals surface area contributed by atoms with Gasteiger partial charge in [-0.05, 0) is 37.0 Å². The molecule has 1 aliphatic heterocycles. The fourth-order valence-corrected chi connectivity index (χ4v) is 3.04. The first-order valence-electron chi connectivity index (χ1n) is 7.93. The van der Waals surface area contributed by atoms with Crippen molar-refractivity contribution in [2.24, 2.45) is 0 Å². The van der Waals surface area contributed by atoms with Crippen LogP contribution >= 0.6 is 0 Å². The molecule has 1 atom stereocenters. The van der Waals surface area contributed by atoms with E-state index in [0.717, 1.165) is 30.4 Å². The van der Waals surface area contributed by atoms with Crippen LogP contribution in [0.4, 0.5) is 10.5 Å². The lowest BCUT2D eigenvalue weighted by Gasteiger charge is -2.15. The monoisotopic (exact) mass is 316 g/mol. The van der Waals surface area contributed by atoms with Crippen molar-refractivity contribution in [2.75, 3.05) is 18.0 Å². The number of hydrogen-bond donors (Lipinski definition) is 1. The number of ketones is 1. The summed E-state index contributed by atoms with van der Waals surface area (Å²) < 4.78 is 5.26. The molecule has 1 fully saturated rings. The van der Waals surface area contributed by atoms with Crippen LogP contribution in [0.15, 0.2) is 18.2 Å². The van der Waals surface area contributed by atoms with Crippen molar-refractivity contribution in [1.82, 2.24) is 5.32 Å². The standard InChI is InChI=1S/C17H20N2O4/c1-11(20)18-9-14-10-19(17(22)23-14)13-7-6-12-4-2-3-5-16(21)15(12)8-13/h6-8,14H,2-5,9-10H2,1H3,(H,18,20)/t14-/m0/s1. The second-order valence-electron chi connectivity index (χ2n) is 6.03. The number of nitrogens with one attached hydrogen (secondary N) is 1. The van der Waals surface area contributed by atoms with E-state index in [0.29, 0.717) is 25.2 Å². The minimum Gasteiger partial charge on any atom is -0.442 e. The number of anilines is 1. The zero-order valence-corrected chi connectivity index (χ0v) is 13.1. The lowest BCUT2D eigenvalue weighted by atomic mass is 10.0. The molecule has 1 N–H and O–H groups in total. The van der Waals surface area contributed by atoms with Gasteiger partial charge in [0.25, 0.3) is 0 Å². The fraction of sp³-hybridized carbons (Fsp3) is 0.471. The van der Waals surface area contributed by atoms with Gasteiger partial charge in [0.2, 0.25) is 5.91 Å². The Balaban J connectivity index is 1.78. The first-order chi connectivity index (χ1) is 11.0. The molecule has 122 valence electrons. The number of carbonyl (C=O) groups excluding carboxylic acids is 3. The van der Waals surface area contributed by atoms with Crippen molar-refractivity contribution >= 4 is 23.5 Å². The van der Waals surface area contributed by atoms with E-state index >= 15 is 0 Å². The molecule has 1 saturated heterocycles. The number of ether oxygens (including phenoxy) is 1. The molecule has 1 aliphatic carbocycles. The highest BCUT2D eigenvalue weighted by molar-refractivity contribution is 6.00. The Morgan fingerprint density at radius 1 is 1.30 bits per heavy atom.